The number of carboxylic acids is 1. The Bertz CT molecular complexity index is 580. The average Bonchev–Trinajstić information content (AvgIpc) is 2.92. The van der Waals surface area contributed by atoms with Gasteiger partial charge in [-0.05, 0) is 25.0 Å². The summed E-state index contributed by atoms with van der Waals surface area (Å²) in [6.45, 7) is -0.948. The van der Waals surface area contributed by atoms with E-state index >= 15 is 0 Å². The Morgan fingerprint density at radius 2 is 2.18 bits per heavy atom. The predicted octanol–water partition coefficient (Wildman–Crippen LogP) is 2.53. The first-order valence-electron chi connectivity index (χ1n) is 6.71. The highest BCUT2D eigenvalue weighted by atomic mass is 19.3. The van der Waals surface area contributed by atoms with Crippen LogP contribution < -0.4 is 10.1 Å². The van der Waals surface area contributed by atoms with Gasteiger partial charge in [-0.15, -0.1) is 0 Å². The SMILES string of the molecule is Cc1cccc(OC(F)F)c1NC(=O)N1CCC(C(=O)O)C1. The monoisotopic (exact) mass is 314 g/mol. The van der Waals surface area contributed by atoms with Crippen molar-refractivity contribution in [1.29, 1.82) is 0 Å². The molecule has 8 heteroatoms. The van der Waals surface area contributed by atoms with E-state index in [1.54, 1.807) is 19.1 Å². The Morgan fingerprint density at radius 1 is 1.45 bits per heavy atom. The first kappa shape index (κ1) is 16.0. The number of likely N-dealkylation sites (tertiary alicyclic amines) is 1. The maximum absolute atomic E-state index is 12.4. The van der Waals surface area contributed by atoms with Crippen LogP contribution in [0, 0.1) is 12.8 Å². The molecule has 2 amide bonds. The van der Waals surface area contributed by atoms with Crippen LogP contribution in [0.25, 0.3) is 0 Å². The number of hydrogen-bond acceptors (Lipinski definition) is 3. The Balaban J connectivity index is 2.10. The van der Waals surface area contributed by atoms with E-state index in [9.17, 15) is 18.4 Å². The number of ether oxygens (including phenoxy) is 1. The van der Waals surface area contributed by atoms with E-state index in [2.05, 4.69) is 10.1 Å². The number of rotatable bonds is 4. The lowest BCUT2D eigenvalue weighted by Gasteiger charge is -2.19. The zero-order chi connectivity index (χ0) is 16.3. The van der Waals surface area contributed by atoms with Gasteiger partial charge in [0, 0.05) is 13.1 Å². The van der Waals surface area contributed by atoms with Crippen LogP contribution in [0.1, 0.15) is 12.0 Å². The average molecular weight is 314 g/mol. The predicted molar refractivity (Wildman–Crippen MR) is 74.1 cm³/mol. The highest BCUT2D eigenvalue weighted by Crippen LogP contribution is 2.30. The van der Waals surface area contributed by atoms with Gasteiger partial charge in [-0.1, -0.05) is 12.1 Å². The summed E-state index contributed by atoms with van der Waals surface area (Å²) < 4.78 is 29.2. The number of para-hydroxylation sites is 1. The number of nitrogens with zero attached hydrogens (tertiary/aromatic N) is 1. The molecular weight excluding hydrogens is 298 g/mol. The van der Waals surface area contributed by atoms with Crippen LogP contribution in [0.3, 0.4) is 0 Å². The van der Waals surface area contributed by atoms with E-state index < -0.39 is 24.5 Å². The minimum Gasteiger partial charge on any atom is -0.481 e. The van der Waals surface area contributed by atoms with E-state index in [-0.39, 0.29) is 18.0 Å². The van der Waals surface area contributed by atoms with Crippen molar-refractivity contribution >= 4 is 17.7 Å². The molecule has 0 saturated carbocycles. The van der Waals surface area contributed by atoms with Gasteiger partial charge in [0.25, 0.3) is 0 Å². The van der Waals surface area contributed by atoms with Gasteiger partial charge in [0.1, 0.15) is 5.75 Å². The summed E-state index contributed by atoms with van der Waals surface area (Å²) in [7, 11) is 0. The van der Waals surface area contributed by atoms with Gasteiger partial charge in [0.15, 0.2) is 0 Å². The Hall–Kier alpha value is -2.38. The summed E-state index contributed by atoms with van der Waals surface area (Å²) in [5.74, 6) is -1.68. The van der Waals surface area contributed by atoms with Crippen LogP contribution in [-0.2, 0) is 4.79 Å². The fraction of sp³-hybridized carbons (Fsp3) is 0.429. The molecule has 1 unspecified atom stereocenters. The molecule has 1 fully saturated rings. The molecule has 0 spiro atoms. The lowest BCUT2D eigenvalue weighted by atomic mass is 10.1. The number of aliphatic carboxylic acids is 1. The second-order valence-corrected chi connectivity index (χ2v) is 5.03. The molecule has 1 heterocycles. The second-order valence-electron chi connectivity index (χ2n) is 5.03. The molecule has 2 rings (SSSR count). The van der Waals surface area contributed by atoms with Gasteiger partial charge in [0.05, 0.1) is 11.6 Å². The number of benzene rings is 1. The molecule has 1 aromatic rings. The van der Waals surface area contributed by atoms with Gasteiger partial charge in [-0.2, -0.15) is 8.78 Å². The molecule has 1 aliphatic rings. The molecule has 22 heavy (non-hydrogen) atoms. The quantitative estimate of drug-likeness (QED) is 0.895. The van der Waals surface area contributed by atoms with E-state index in [0.717, 1.165) is 0 Å². The van der Waals surface area contributed by atoms with Crippen LogP contribution >= 0.6 is 0 Å². The summed E-state index contributed by atoms with van der Waals surface area (Å²) in [6, 6.07) is 3.99. The van der Waals surface area contributed by atoms with Crippen molar-refractivity contribution in [3.05, 3.63) is 23.8 Å². The van der Waals surface area contributed by atoms with Crippen LogP contribution in [0.15, 0.2) is 18.2 Å². The van der Waals surface area contributed by atoms with Gasteiger partial charge in [0.2, 0.25) is 0 Å². The Labute approximate surface area is 125 Å². The van der Waals surface area contributed by atoms with E-state index in [4.69, 9.17) is 5.11 Å². The summed E-state index contributed by atoms with van der Waals surface area (Å²) in [5.41, 5.74) is 0.729. The Morgan fingerprint density at radius 3 is 2.77 bits per heavy atom. The zero-order valence-corrected chi connectivity index (χ0v) is 11.9. The maximum atomic E-state index is 12.4. The molecule has 0 aliphatic carbocycles. The lowest BCUT2D eigenvalue weighted by molar-refractivity contribution is -0.141. The molecule has 1 aromatic carbocycles. The molecule has 0 aromatic heterocycles. The highest BCUT2D eigenvalue weighted by Gasteiger charge is 2.31. The molecule has 0 radical (unpaired) electrons. The van der Waals surface area contributed by atoms with Crippen LogP contribution in [0.2, 0.25) is 0 Å². The molecule has 2 N–H and O–H groups in total. The number of urea groups is 1. The van der Waals surface area contributed by atoms with E-state index in [1.165, 1.54) is 11.0 Å². The number of halogens is 2. The maximum Gasteiger partial charge on any atom is 0.387 e. The van der Waals surface area contributed by atoms with Gasteiger partial charge >= 0.3 is 18.6 Å². The van der Waals surface area contributed by atoms with Crippen LogP contribution in [-0.4, -0.2) is 41.7 Å². The fourth-order valence-corrected chi connectivity index (χ4v) is 2.33. The molecule has 1 aliphatic heterocycles. The topological polar surface area (TPSA) is 78.9 Å². The normalized spacial score (nSPS) is 17.6. The third-order valence-corrected chi connectivity index (χ3v) is 3.51. The second kappa shape index (κ2) is 6.59. The molecule has 1 atom stereocenters. The lowest BCUT2D eigenvalue weighted by Crippen LogP contribution is -2.34. The highest BCUT2D eigenvalue weighted by molar-refractivity contribution is 5.92. The number of anilines is 1. The number of hydrogen-bond donors (Lipinski definition) is 2. The van der Waals surface area contributed by atoms with Crippen molar-refractivity contribution in [3.8, 4) is 5.75 Å². The molecule has 6 nitrogen and oxygen atoms in total. The van der Waals surface area contributed by atoms with Gasteiger partial charge in [-0.3, -0.25) is 4.79 Å². The van der Waals surface area contributed by atoms with Crippen molar-refractivity contribution in [2.24, 2.45) is 5.92 Å². The first-order valence-corrected chi connectivity index (χ1v) is 6.71. The smallest absolute Gasteiger partial charge is 0.387 e. The van der Waals surface area contributed by atoms with Gasteiger partial charge in [-0.25, -0.2) is 4.79 Å². The summed E-state index contributed by atoms with van der Waals surface area (Å²) >= 11 is 0. The van der Waals surface area contributed by atoms with Gasteiger partial charge < -0.3 is 20.1 Å². The minimum atomic E-state index is -3.00. The number of carbonyl (C=O) groups is 2. The number of aryl methyl sites for hydroxylation is 1. The number of amides is 2. The standard InChI is InChI=1S/C14H16F2N2O4/c1-8-3-2-4-10(22-13(15)16)11(8)17-14(21)18-6-5-9(7-18)12(19)20/h2-4,9,13H,5-7H2,1H3,(H,17,21)(H,19,20). The summed E-state index contributed by atoms with van der Waals surface area (Å²) in [4.78, 5) is 24.4. The number of carbonyl (C=O) groups excluding carboxylic acids is 1. The number of alkyl halides is 2. The number of carboxylic acid groups (broad SMARTS) is 1. The minimum absolute atomic E-state index is 0.0953. The number of nitrogens with one attached hydrogen (secondary N) is 1. The molecular formula is C14H16F2N2O4. The molecule has 1 saturated heterocycles. The van der Waals surface area contributed by atoms with E-state index in [1.807, 2.05) is 0 Å². The zero-order valence-electron chi connectivity index (χ0n) is 11.9. The van der Waals surface area contributed by atoms with Crippen molar-refractivity contribution in [2.75, 3.05) is 18.4 Å². The van der Waals surface area contributed by atoms with E-state index in [0.29, 0.717) is 18.5 Å². The molecule has 120 valence electrons. The summed E-state index contributed by atoms with van der Waals surface area (Å²) in [5, 5.41) is 11.4. The summed E-state index contributed by atoms with van der Waals surface area (Å²) in [6.07, 6.45) is 0.372. The van der Waals surface area contributed by atoms with Crippen molar-refractivity contribution in [1.82, 2.24) is 4.90 Å². The third kappa shape index (κ3) is 3.63. The largest absolute Gasteiger partial charge is 0.481 e. The van der Waals surface area contributed by atoms with Crippen LogP contribution in [0.4, 0.5) is 19.3 Å². The van der Waals surface area contributed by atoms with Crippen molar-refractivity contribution in [3.63, 3.8) is 0 Å². The van der Waals surface area contributed by atoms with Crippen molar-refractivity contribution in [2.45, 2.75) is 20.0 Å². The first-order chi connectivity index (χ1) is 10.4. The fourth-order valence-electron chi connectivity index (χ4n) is 2.33. The molecule has 0 bridgehead atoms. The van der Waals surface area contributed by atoms with Crippen LogP contribution in [0.5, 0.6) is 5.75 Å². The van der Waals surface area contributed by atoms with Crippen molar-refractivity contribution < 1.29 is 28.2 Å². The Kier molecular flexibility index (Phi) is 4.79. The third-order valence-electron chi connectivity index (χ3n) is 3.51.